The summed E-state index contributed by atoms with van der Waals surface area (Å²) in [7, 11) is 0. The average Bonchev–Trinajstić information content (AvgIpc) is 3.25. The predicted octanol–water partition coefficient (Wildman–Crippen LogP) is 3.93. The zero-order chi connectivity index (χ0) is 24.2. The van der Waals surface area contributed by atoms with Gasteiger partial charge in [0.2, 0.25) is 6.29 Å². The molecule has 0 fully saturated rings. The Kier molecular flexibility index (Phi) is 6.43. The number of amides is 3. The molecular weight excluding hydrogens is 542 g/mol. The van der Waals surface area contributed by atoms with Crippen LogP contribution in [0.2, 0.25) is 20.1 Å². The van der Waals surface area contributed by atoms with Crippen LogP contribution in [-0.4, -0.2) is 52.6 Å². The number of carbonyl (C=O) groups is 5. The number of carbonyl (C=O) groups excluding carboxylic acids is 4. The quantitative estimate of drug-likeness (QED) is 0.189. The van der Waals surface area contributed by atoms with Crippen LogP contribution >= 0.6 is 57.7 Å². The van der Waals surface area contributed by atoms with Crippen LogP contribution in [0.3, 0.4) is 0 Å². The highest BCUT2D eigenvalue weighted by Crippen LogP contribution is 2.45. The smallest absolute Gasteiger partial charge is 0.339 e. The average molecular weight is 552 g/mol. The maximum Gasteiger partial charge on any atom is 0.339 e. The summed E-state index contributed by atoms with van der Waals surface area (Å²) in [4.78, 5) is 61.2. The fourth-order valence-corrected chi connectivity index (χ4v) is 5.82. The number of carboxylic acids is 1. The molecule has 14 heteroatoms. The van der Waals surface area contributed by atoms with Crippen molar-refractivity contribution >= 4 is 92.7 Å². The fraction of sp³-hybridized carbons (Fsp3) is 0.211. The van der Waals surface area contributed by atoms with Crippen LogP contribution in [0.25, 0.3) is 0 Å². The van der Waals surface area contributed by atoms with E-state index in [9.17, 15) is 29.1 Å². The summed E-state index contributed by atoms with van der Waals surface area (Å²) in [6, 6.07) is 0. The molecule has 172 valence electrons. The third kappa shape index (κ3) is 3.90. The predicted molar refractivity (Wildman–Crippen MR) is 120 cm³/mol. The molecule has 9 nitrogen and oxygen atoms in total. The molecule has 3 heterocycles. The minimum absolute atomic E-state index is 0.00238. The Morgan fingerprint density at radius 1 is 1.09 bits per heavy atom. The number of imide groups is 1. The highest BCUT2D eigenvalue weighted by molar-refractivity contribution is 7.17. The lowest BCUT2D eigenvalue weighted by Gasteiger charge is -2.26. The second-order valence-corrected chi connectivity index (χ2v) is 9.60. The number of carboxylic acid groups (broad SMARTS) is 1. The second-order valence-electron chi connectivity index (χ2n) is 6.98. The van der Waals surface area contributed by atoms with Crippen molar-refractivity contribution in [2.75, 3.05) is 11.9 Å². The number of hydrogen-bond donors (Lipinski definition) is 2. The first kappa shape index (κ1) is 23.9. The third-order valence-electron chi connectivity index (χ3n) is 5.10. The molecule has 0 aliphatic carbocycles. The number of rotatable bonds is 5. The van der Waals surface area contributed by atoms with Gasteiger partial charge in [0.25, 0.3) is 17.7 Å². The molecule has 0 spiro atoms. The lowest BCUT2D eigenvalue weighted by atomic mass is 10.0. The van der Waals surface area contributed by atoms with Gasteiger partial charge in [0.05, 0.1) is 56.0 Å². The van der Waals surface area contributed by atoms with Crippen LogP contribution in [-0.2, 0) is 27.4 Å². The lowest BCUT2D eigenvalue weighted by molar-refractivity contribution is -0.127. The van der Waals surface area contributed by atoms with E-state index in [2.05, 4.69) is 5.32 Å². The van der Waals surface area contributed by atoms with E-state index >= 15 is 0 Å². The molecule has 0 bridgehead atoms. The molecule has 0 saturated carbocycles. The summed E-state index contributed by atoms with van der Waals surface area (Å²) < 4.78 is 5.72. The molecule has 1 aromatic carbocycles. The zero-order valence-corrected chi connectivity index (χ0v) is 19.9. The summed E-state index contributed by atoms with van der Waals surface area (Å²) in [6.07, 6.45) is -0.702. The number of thiophene rings is 1. The number of hydrogen-bond acceptors (Lipinski definition) is 7. The summed E-state index contributed by atoms with van der Waals surface area (Å²) >= 11 is 25.3. The minimum atomic E-state index is -1.31. The van der Waals surface area contributed by atoms with Crippen molar-refractivity contribution in [1.82, 2.24) is 4.90 Å². The molecular formula is C19H10Cl4N2O7S. The van der Waals surface area contributed by atoms with E-state index in [4.69, 9.17) is 51.1 Å². The van der Waals surface area contributed by atoms with E-state index in [1.165, 1.54) is 0 Å². The number of nitrogens with one attached hydrogen (secondary N) is 1. The molecule has 2 aliphatic rings. The van der Waals surface area contributed by atoms with Crippen molar-refractivity contribution in [3.8, 4) is 0 Å². The molecule has 0 radical (unpaired) electrons. The molecule has 3 amide bonds. The largest absolute Gasteiger partial charge is 0.478 e. The zero-order valence-electron chi connectivity index (χ0n) is 16.0. The van der Waals surface area contributed by atoms with Gasteiger partial charge in [-0.1, -0.05) is 46.4 Å². The van der Waals surface area contributed by atoms with Gasteiger partial charge in [-0.3, -0.25) is 24.1 Å². The topological polar surface area (TPSA) is 130 Å². The molecule has 2 aliphatic heterocycles. The summed E-state index contributed by atoms with van der Waals surface area (Å²) in [5.41, 5.74) is -0.134. The minimum Gasteiger partial charge on any atom is -0.478 e. The number of halogens is 4. The maximum atomic E-state index is 12.9. The van der Waals surface area contributed by atoms with E-state index in [0.29, 0.717) is 10.4 Å². The number of aromatic carboxylic acids is 1. The monoisotopic (exact) mass is 550 g/mol. The van der Waals surface area contributed by atoms with Gasteiger partial charge in [-0.25, -0.2) is 4.79 Å². The summed E-state index contributed by atoms with van der Waals surface area (Å²) in [5, 5.41) is 11.2. The number of benzene rings is 1. The van der Waals surface area contributed by atoms with Crippen LogP contribution in [0.5, 0.6) is 0 Å². The van der Waals surface area contributed by atoms with Crippen LogP contribution in [0.15, 0.2) is 0 Å². The molecule has 1 aromatic heterocycles. The molecule has 1 atom stereocenters. The Hall–Kier alpha value is -2.21. The number of aldehydes is 1. The van der Waals surface area contributed by atoms with E-state index in [1.807, 2.05) is 0 Å². The molecule has 4 rings (SSSR count). The van der Waals surface area contributed by atoms with Gasteiger partial charge in [-0.05, 0) is 5.56 Å². The normalized spacial score (nSPS) is 17.1. The van der Waals surface area contributed by atoms with E-state index < -0.39 is 29.8 Å². The molecule has 33 heavy (non-hydrogen) atoms. The van der Waals surface area contributed by atoms with Gasteiger partial charge >= 0.3 is 5.97 Å². The summed E-state index contributed by atoms with van der Waals surface area (Å²) in [6.45, 7) is -0.247. The highest BCUT2D eigenvalue weighted by atomic mass is 35.5. The lowest BCUT2D eigenvalue weighted by Crippen LogP contribution is -2.40. The Bertz CT molecular complexity index is 1230. The molecule has 2 N–H and O–H groups in total. The van der Waals surface area contributed by atoms with Crippen LogP contribution in [0.4, 0.5) is 5.00 Å². The van der Waals surface area contributed by atoms with Gasteiger partial charge in [0.1, 0.15) is 5.00 Å². The standard InChI is InChI=1S/C19H10Cl4N2O7S/c20-12-10-11(13(21)15(23)14(12)22)18(29)25(17(10)28)2-5-1-6-7(4-32-5)33-16(9(6)19(30)31)24-8(27)3-26/h3,5H,1-2,4H2,(H,24,27)(H,30,31). The van der Waals surface area contributed by atoms with Gasteiger partial charge in [0.15, 0.2) is 0 Å². The number of anilines is 1. The fourth-order valence-electron chi connectivity index (χ4n) is 3.66. The van der Waals surface area contributed by atoms with Gasteiger partial charge < -0.3 is 15.2 Å². The van der Waals surface area contributed by atoms with Crippen molar-refractivity contribution in [3.63, 3.8) is 0 Å². The number of fused-ring (bicyclic) bond motifs is 2. The van der Waals surface area contributed by atoms with Crippen LogP contribution in [0.1, 0.15) is 41.5 Å². The Morgan fingerprint density at radius 2 is 1.67 bits per heavy atom. The van der Waals surface area contributed by atoms with Gasteiger partial charge in [-0.2, -0.15) is 0 Å². The third-order valence-corrected chi connectivity index (χ3v) is 8.02. The summed E-state index contributed by atoms with van der Waals surface area (Å²) in [5.74, 6) is -3.78. The van der Waals surface area contributed by atoms with Crippen LogP contribution in [0, 0.1) is 0 Å². The molecule has 0 saturated heterocycles. The Morgan fingerprint density at radius 3 is 2.18 bits per heavy atom. The van der Waals surface area contributed by atoms with Crippen molar-refractivity contribution in [3.05, 3.63) is 47.2 Å². The Labute approximate surface area is 209 Å². The number of ether oxygens (including phenoxy) is 1. The van der Waals surface area contributed by atoms with Crippen LogP contribution < -0.4 is 5.32 Å². The first-order chi connectivity index (χ1) is 15.6. The van der Waals surface area contributed by atoms with Crippen molar-refractivity contribution in [2.45, 2.75) is 19.1 Å². The van der Waals surface area contributed by atoms with E-state index in [1.54, 1.807) is 0 Å². The van der Waals surface area contributed by atoms with Crippen molar-refractivity contribution < 1.29 is 33.8 Å². The SMILES string of the molecule is O=CC(=O)Nc1sc2c(c1C(=O)O)CC(CN1C(=O)c3c(Cl)c(Cl)c(Cl)c(Cl)c3C1=O)OC2. The number of nitrogens with zero attached hydrogens (tertiary/aromatic N) is 1. The van der Waals surface area contributed by atoms with Gasteiger partial charge in [0, 0.05) is 11.3 Å². The van der Waals surface area contributed by atoms with E-state index in [0.717, 1.165) is 16.2 Å². The van der Waals surface area contributed by atoms with Crippen molar-refractivity contribution in [2.24, 2.45) is 0 Å². The molecule has 2 aromatic rings. The first-order valence-corrected chi connectivity index (χ1v) is 11.4. The van der Waals surface area contributed by atoms with E-state index in [-0.39, 0.29) is 67.6 Å². The second kappa shape index (κ2) is 8.86. The molecule has 1 unspecified atom stereocenters. The first-order valence-electron chi connectivity index (χ1n) is 9.04. The highest BCUT2D eigenvalue weighted by Gasteiger charge is 2.43. The maximum absolute atomic E-state index is 12.9. The van der Waals surface area contributed by atoms with Gasteiger partial charge in [-0.15, -0.1) is 11.3 Å². The van der Waals surface area contributed by atoms with Crippen molar-refractivity contribution in [1.29, 1.82) is 0 Å². The Balaban J connectivity index is 1.62.